The molecule has 1 aromatic carbocycles. The second kappa shape index (κ2) is 7.31. The molecule has 0 saturated carbocycles. The molecule has 6 heteroatoms. The van der Waals surface area contributed by atoms with Gasteiger partial charge in [0.05, 0.1) is 23.2 Å². The number of nitrogens with one attached hydrogen (secondary N) is 1. The lowest BCUT2D eigenvalue weighted by molar-refractivity contribution is -0.149. The van der Waals surface area contributed by atoms with E-state index in [0.717, 1.165) is 12.8 Å². The molecule has 1 saturated heterocycles. The van der Waals surface area contributed by atoms with Crippen molar-refractivity contribution in [1.29, 1.82) is 0 Å². The van der Waals surface area contributed by atoms with Crippen molar-refractivity contribution < 1.29 is 14.3 Å². The Morgan fingerprint density at radius 2 is 2.19 bits per heavy atom. The summed E-state index contributed by atoms with van der Waals surface area (Å²) < 4.78 is 5.03. The Kier molecular flexibility index (Phi) is 5.44. The number of hydrogen-bond acceptors (Lipinski definition) is 3. The minimum atomic E-state index is -0.240. The number of esters is 1. The van der Waals surface area contributed by atoms with Crippen LogP contribution in [-0.4, -0.2) is 36.6 Å². The topological polar surface area (TPSA) is 58.6 Å². The SMILES string of the molecule is CCOC(=O)C1CCCN(C(=O)Nc2ccccc2Cl)C1. The number of para-hydroxylation sites is 1. The molecule has 2 rings (SSSR count). The van der Waals surface area contributed by atoms with Crippen LogP contribution in [0, 0.1) is 5.92 Å². The maximum absolute atomic E-state index is 12.2. The molecule has 1 N–H and O–H groups in total. The predicted molar refractivity (Wildman–Crippen MR) is 81.4 cm³/mol. The lowest BCUT2D eigenvalue weighted by atomic mass is 9.98. The third kappa shape index (κ3) is 4.11. The molecule has 0 spiro atoms. The monoisotopic (exact) mass is 310 g/mol. The molecule has 114 valence electrons. The summed E-state index contributed by atoms with van der Waals surface area (Å²) in [6.45, 7) is 3.16. The summed E-state index contributed by atoms with van der Waals surface area (Å²) in [5.41, 5.74) is 0.572. The maximum atomic E-state index is 12.2. The smallest absolute Gasteiger partial charge is 0.321 e. The first-order valence-electron chi connectivity index (χ1n) is 7.09. The van der Waals surface area contributed by atoms with Gasteiger partial charge in [0.25, 0.3) is 0 Å². The summed E-state index contributed by atoms with van der Waals surface area (Å²) in [6, 6.07) is 6.83. The second-order valence-electron chi connectivity index (χ2n) is 4.95. The fourth-order valence-corrected chi connectivity index (χ4v) is 2.55. The van der Waals surface area contributed by atoms with E-state index in [0.29, 0.717) is 30.4 Å². The number of ether oxygens (including phenoxy) is 1. The van der Waals surface area contributed by atoms with Crippen molar-refractivity contribution in [2.24, 2.45) is 5.92 Å². The van der Waals surface area contributed by atoms with Gasteiger partial charge in [-0.1, -0.05) is 23.7 Å². The summed E-state index contributed by atoms with van der Waals surface area (Å²) in [6.07, 6.45) is 1.55. The molecular formula is C15H19ClN2O3. The van der Waals surface area contributed by atoms with Gasteiger partial charge in [0, 0.05) is 13.1 Å². The Labute approximate surface area is 129 Å². The third-order valence-corrected chi connectivity index (χ3v) is 3.77. The van der Waals surface area contributed by atoms with E-state index in [2.05, 4.69) is 5.32 Å². The Morgan fingerprint density at radius 1 is 1.43 bits per heavy atom. The molecule has 1 heterocycles. The van der Waals surface area contributed by atoms with Crippen molar-refractivity contribution in [3.63, 3.8) is 0 Å². The van der Waals surface area contributed by atoms with Gasteiger partial charge in [0.15, 0.2) is 0 Å². The van der Waals surface area contributed by atoms with Gasteiger partial charge in [-0.05, 0) is 31.9 Å². The number of carbonyl (C=O) groups is 2. The minimum Gasteiger partial charge on any atom is -0.466 e. The van der Waals surface area contributed by atoms with Crippen LogP contribution < -0.4 is 5.32 Å². The predicted octanol–water partition coefficient (Wildman–Crippen LogP) is 3.15. The molecule has 1 unspecified atom stereocenters. The van der Waals surface area contributed by atoms with Crippen molar-refractivity contribution in [2.45, 2.75) is 19.8 Å². The van der Waals surface area contributed by atoms with Crippen LogP contribution in [0.5, 0.6) is 0 Å². The van der Waals surface area contributed by atoms with E-state index < -0.39 is 0 Å². The molecule has 1 aliphatic heterocycles. The molecule has 0 aliphatic carbocycles. The standard InChI is InChI=1S/C15H19ClN2O3/c1-2-21-14(19)11-6-5-9-18(10-11)15(20)17-13-8-4-3-7-12(13)16/h3-4,7-8,11H,2,5-6,9-10H2,1H3,(H,17,20). The fourth-order valence-electron chi connectivity index (χ4n) is 2.37. The highest BCUT2D eigenvalue weighted by molar-refractivity contribution is 6.33. The van der Waals surface area contributed by atoms with Gasteiger partial charge >= 0.3 is 12.0 Å². The number of anilines is 1. The fraction of sp³-hybridized carbons (Fsp3) is 0.467. The number of piperidine rings is 1. The zero-order chi connectivity index (χ0) is 15.2. The summed E-state index contributed by atoms with van der Waals surface area (Å²) in [5.74, 6) is -0.469. The summed E-state index contributed by atoms with van der Waals surface area (Å²) in [7, 11) is 0. The molecule has 1 fully saturated rings. The summed E-state index contributed by atoms with van der Waals surface area (Å²) in [4.78, 5) is 25.7. The zero-order valence-electron chi connectivity index (χ0n) is 12.0. The van der Waals surface area contributed by atoms with Gasteiger partial charge < -0.3 is 15.0 Å². The average Bonchev–Trinajstić information content (AvgIpc) is 2.50. The first-order chi connectivity index (χ1) is 10.1. The van der Waals surface area contributed by atoms with Crippen molar-refractivity contribution in [3.8, 4) is 0 Å². The van der Waals surface area contributed by atoms with Crippen LogP contribution >= 0.6 is 11.6 Å². The van der Waals surface area contributed by atoms with E-state index in [4.69, 9.17) is 16.3 Å². The molecule has 0 bridgehead atoms. The highest BCUT2D eigenvalue weighted by atomic mass is 35.5. The molecule has 5 nitrogen and oxygen atoms in total. The van der Waals surface area contributed by atoms with Crippen LogP contribution in [0.15, 0.2) is 24.3 Å². The van der Waals surface area contributed by atoms with Gasteiger partial charge in [-0.3, -0.25) is 4.79 Å². The van der Waals surface area contributed by atoms with Crippen LogP contribution in [0.1, 0.15) is 19.8 Å². The molecular weight excluding hydrogens is 292 g/mol. The number of urea groups is 1. The van der Waals surface area contributed by atoms with Gasteiger partial charge in [0.1, 0.15) is 0 Å². The minimum absolute atomic E-state index is 0.229. The van der Waals surface area contributed by atoms with Crippen LogP contribution in [0.25, 0.3) is 0 Å². The first kappa shape index (κ1) is 15.6. The van der Waals surface area contributed by atoms with E-state index in [-0.39, 0.29) is 17.9 Å². The van der Waals surface area contributed by atoms with Gasteiger partial charge in [-0.15, -0.1) is 0 Å². The van der Waals surface area contributed by atoms with Crippen LogP contribution in [-0.2, 0) is 9.53 Å². The molecule has 0 aromatic heterocycles. The molecule has 2 amide bonds. The van der Waals surface area contributed by atoms with Crippen molar-refractivity contribution in [1.82, 2.24) is 4.90 Å². The van der Waals surface area contributed by atoms with E-state index >= 15 is 0 Å². The Hall–Kier alpha value is -1.75. The largest absolute Gasteiger partial charge is 0.466 e. The summed E-state index contributed by atoms with van der Waals surface area (Å²) >= 11 is 6.02. The lowest BCUT2D eigenvalue weighted by Crippen LogP contribution is -2.44. The number of benzene rings is 1. The first-order valence-corrected chi connectivity index (χ1v) is 7.46. The summed E-state index contributed by atoms with van der Waals surface area (Å²) in [5, 5.41) is 3.26. The molecule has 0 radical (unpaired) electrons. The van der Waals surface area contributed by atoms with Crippen molar-refractivity contribution in [3.05, 3.63) is 29.3 Å². The maximum Gasteiger partial charge on any atom is 0.321 e. The van der Waals surface area contributed by atoms with Gasteiger partial charge in [-0.25, -0.2) is 4.79 Å². The number of carbonyl (C=O) groups excluding carboxylic acids is 2. The Balaban J connectivity index is 1.96. The van der Waals surface area contributed by atoms with Crippen molar-refractivity contribution in [2.75, 3.05) is 25.0 Å². The molecule has 1 atom stereocenters. The van der Waals surface area contributed by atoms with E-state index in [1.165, 1.54) is 0 Å². The van der Waals surface area contributed by atoms with Crippen LogP contribution in [0.2, 0.25) is 5.02 Å². The van der Waals surface area contributed by atoms with E-state index in [9.17, 15) is 9.59 Å². The van der Waals surface area contributed by atoms with Gasteiger partial charge in [0.2, 0.25) is 0 Å². The zero-order valence-corrected chi connectivity index (χ0v) is 12.7. The number of halogens is 1. The van der Waals surface area contributed by atoms with Gasteiger partial charge in [-0.2, -0.15) is 0 Å². The quantitative estimate of drug-likeness (QED) is 0.873. The highest BCUT2D eigenvalue weighted by Crippen LogP contribution is 2.23. The van der Waals surface area contributed by atoms with E-state index in [1.54, 1.807) is 36.1 Å². The molecule has 1 aliphatic rings. The molecule has 1 aromatic rings. The normalized spacial score (nSPS) is 18.2. The lowest BCUT2D eigenvalue weighted by Gasteiger charge is -2.31. The number of rotatable bonds is 3. The Morgan fingerprint density at radius 3 is 2.90 bits per heavy atom. The van der Waals surface area contributed by atoms with Crippen LogP contribution in [0.3, 0.4) is 0 Å². The number of likely N-dealkylation sites (tertiary alicyclic amines) is 1. The Bertz CT molecular complexity index is 521. The highest BCUT2D eigenvalue weighted by Gasteiger charge is 2.29. The second-order valence-corrected chi connectivity index (χ2v) is 5.35. The third-order valence-electron chi connectivity index (χ3n) is 3.44. The molecule has 21 heavy (non-hydrogen) atoms. The van der Waals surface area contributed by atoms with Crippen LogP contribution in [0.4, 0.5) is 10.5 Å². The van der Waals surface area contributed by atoms with E-state index in [1.807, 2.05) is 0 Å². The van der Waals surface area contributed by atoms with Crippen molar-refractivity contribution >= 4 is 29.3 Å². The number of nitrogens with zero attached hydrogens (tertiary/aromatic N) is 1. The number of hydrogen-bond donors (Lipinski definition) is 1. The number of amides is 2. The average molecular weight is 311 g/mol.